The van der Waals surface area contributed by atoms with E-state index in [2.05, 4.69) is 20.4 Å². The van der Waals surface area contributed by atoms with Crippen LogP contribution < -0.4 is 26.8 Å². The van der Waals surface area contributed by atoms with E-state index in [0.717, 1.165) is 17.5 Å². The van der Waals surface area contributed by atoms with Gasteiger partial charge in [-0.15, -0.1) is 0 Å². The van der Waals surface area contributed by atoms with E-state index >= 15 is 0 Å². The number of nitrogens with zero attached hydrogens (tertiary/aromatic N) is 5. The maximum absolute atomic E-state index is 14.3. The highest BCUT2D eigenvalue weighted by molar-refractivity contribution is 6.36. The number of amides is 1. The lowest BCUT2D eigenvalue weighted by atomic mass is 10.1. The van der Waals surface area contributed by atoms with Crippen LogP contribution in [-0.4, -0.2) is 62.4 Å². The number of carbonyl (C=O) groups excluding carboxylic acids is 2. The van der Waals surface area contributed by atoms with Gasteiger partial charge in [0.1, 0.15) is 5.82 Å². The van der Waals surface area contributed by atoms with Gasteiger partial charge in [0.2, 0.25) is 5.95 Å². The van der Waals surface area contributed by atoms with E-state index in [4.69, 9.17) is 23.2 Å². The smallest absolute Gasteiger partial charge is 0.424 e. The van der Waals surface area contributed by atoms with E-state index < -0.39 is 41.3 Å². The van der Waals surface area contributed by atoms with Crippen molar-refractivity contribution in [2.24, 2.45) is 13.0 Å². The van der Waals surface area contributed by atoms with Crippen LogP contribution in [0.15, 0.2) is 52.1 Å². The molecule has 0 spiro atoms. The number of ether oxygens (including phenoxy) is 1. The maximum atomic E-state index is 14.3. The van der Waals surface area contributed by atoms with Crippen molar-refractivity contribution in [2.45, 2.75) is 31.4 Å². The summed E-state index contributed by atoms with van der Waals surface area (Å²) in [5.41, 5.74) is -2.59. The zero-order valence-electron chi connectivity index (χ0n) is 24.4. The Hall–Kier alpha value is -4.41. The highest BCUT2D eigenvalue weighted by Crippen LogP contribution is 2.34. The summed E-state index contributed by atoms with van der Waals surface area (Å²) < 4.78 is 60.9. The zero-order chi connectivity index (χ0) is 33.8. The van der Waals surface area contributed by atoms with Crippen LogP contribution in [0.2, 0.25) is 10.0 Å². The number of hydrogen-bond acceptors (Lipinski definition) is 8. The van der Waals surface area contributed by atoms with Crippen LogP contribution in [0.5, 0.6) is 0 Å². The maximum Gasteiger partial charge on any atom is 0.491 e. The van der Waals surface area contributed by atoms with Crippen LogP contribution in [0.4, 0.5) is 29.2 Å². The third-order valence-corrected chi connectivity index (χ3v) is 8.76. The molecule has 2 aromatic heterocycles. The van der Waals surface area contributed by atoms with Gasteiger partial charge in [0.15, 0.2) is 11.2 Å². The van der Waals surface area contributed by atoms with E-state index in [9.17, 15) is 36.7 Å². The number of aromatic nitrogens is 4. The molecule has 2 aliphatic rings. The van der Waals surface area contributed by atoms with Crippen molar-refractivity contribution in [3.8, 4) is 0 Å². The Morgan fingerprint density at radius 3 is 2.53 bits per heavy atom. The van der Waals surface area contributed by atoms with Gasteiger partial charge >= 0.3 is 17.8 Å². The second-order valence-electron chi connectivity index (χ2n) is 11.1. The number of fused-ring (bicyclic) bond motifs is 2. The number of benzene rings is 2. The number of hydrogen-bond donors (Lipinski definition) is 2. The number of halogens is 6. The molecule has 4 aromatic rings. The fourth-order valence-corrected chi connectivity index (χ4v) is 6.41. The molecule has 248 valence electrons. The van der Waals surface area contributed by atoms with Crippen molar-refractivity contribution in [3.05, 3.63) is 84.7 Å². The summed E-state index contributed by atoms with van der Waals surface area (Å²) in [4.78, 5) is 60.1. The van der Waals surface area contributed by atoms with Gasteiger partial charge < -0.3 is 20.3 Å². The molecule has 0 aliphatic carbocycles. The fourth-order valence-electron chi connectivity index (χ4n) is 5.95. The van der Waals surface area contributed by atoms with Crippen LogP contribution in [0.3, 0.4) is 0 Å². The monoisotopic (exact) mass is 697 g/mol. The molecule has 2 saturated heterocycles. The standard InChI is InChI=1S/C29H25Cl2F4N7O5/c1-39-22-21(41(13-14-2-5-17(32)6-3-14)27(38-22)40-9-8-15-11-36-12-20(15)40)24(44)42(28(39)46)25(47-26(45)29(33,34)35)23(43)37-19-7-4-16(30)10-18(19)31/h2-7,10,15,20,25,36H,8-9,11-13H2,1H3,(H,37,43). The van der Waals surface area contributed by atoms with Gasteiger partial charge in [-0.2, -0.15) is 18.2 Å². The minimum atomic E-state index is -5.59. The van der Waals surface area contributed by atoms with Crippen LogP contribution in [0.1, 0.15) is 18.2 Å². The lowest BCUT2D eigenvalue weighted by Gasteiger charge is -2.25. The Morgan fingerprint density at radius 1 is 1.13 bits per heavy atom. The molecule has 0 radical (unpaired) electrons. The molecule has 2 aliphatic heterocycles. The molecule has 2 fully saturated rings. The van der Waals surface area contributed by atoms with Gasteiger partial charge in [0.25, 0.3) is 17.7 Å². The molecule has 47 heavy (non-hydrogen) atoms. The van der Waals surface area contributed by atoms with Crippen molar-refractivity contribution in [1.29, 1.82) is 0 Å². The number of aryl methyl sites for hydroxylation is 1. The molecule has 12 nitrogen and oxygen atoms in total. The predicted molar refractivity (Wildman–Crippen MR) is 163 cm³/mol. The van der Waals surface area contributed by atoms with E-state index in [1.807, 2.05) is 4.90 Å². The third-order valence-electron chi connectivity index (χ3n) is 8.22. The van der Waals surface area contributed by atoms with E-state index in [-0.39, 0.29) is 55.9 Å². The summed E-state index contributed by atoms with van der Waals surface area (Å²) in [6.07, 6.45) is -7.52. The summed E-state index contributed by atoms with van der Waals surface area (Å²) in [5.74, 6) is -4.26. The van der Waals surface area contributed by atoms with Crippen LogP contribution in [0.25, 0.3) is 11.2 Å². The van der Waals surface area contributed by atoms with Crippen molar-refractivity contribution in [3.63, 3.8) is 0 Å². The first kappa shape index (κ1) is 32.5. The number of carbonyl (C=O) groups is 2. The number of nitrogens with one attached hydrogen (secondary N) is 2. The zero-order valence-corrected chi connectivity index (χ0v) is 25.9. The fraction of sp³-hybridized carbons (Fsp3) is 0.345. The first-order valence-electron chi connectivity index (χ1n) is 14.2. The minimum Gasteiger partial charge on any atom is -0.424 e. The molecule has 4 heterocycles. The summed E-state index contributed by atoms with van der Waals surface area (Å²) in [5, 5.41) is 5.55. The largest absolute Gasteiger partial charge is 0.491 e. The number of rotatable bonds is 7. The van der Waals surface area contributed by atoms with Crippen molar-refractivity contribution in [2.75, 3.05) is 29.9 Å². The Labute approximate surface area is 272 Å². The van der Waals surface area contributed by atoms with Crippen molar-refractivity contribution >= 4 is 57.9 Å². The molecule has 2 N–H and O–H groups in total. The number of esters is 1. The first-order chi connectivity index (χ1) is 22.2. The van der Waals surface area contributed by atoms with Gasteiger partial charge in [0, 0.05) is 37.7 Å². The molecule has 1 amide bonds. The summed E-state index contributed by atoms with van der Waals surface area (Å²) in [7, 11) is 1.21. The molecule has 0 bridgehead atoms. The Bertz CT molecular complexity index is 2010. The summed E-state index contributed by atoms with van der Waals surface area (Å²) in [6.45, 7) is 1.88. The van der Waals surface area contributed by atoms with E-state index in [1.165, 1.54) is 54.1 Å². The van der Waals surface area contributed by atoms with Gasteiger partial charge in [-0.3, -0.25) is 18.7 Å². The van der Waals surface area contributed by atoms with Gasteiger partial charge in [-0.25, -0.2) is 18.5 Å². The highest BCUT2D eigenvalue weighted by atomic mass is 35.5. The molecule has 2 aromatic carbocycles. The van der Waals surface area contributed by atoms with Gasteiger partial charge in [-0.1, -0.05) is 35.3 Å². The minimum absolute atomic E-state index is 0.00609. The summed E-state index contributed by atoms with van der Waals surface area (Å²) >= 11 is 12.0. The number of imidazole rings is 1. The average molecular weight is 698 g/mol. The van der Waals surface area contributed by atoms with Crippen LogP contribution in [0, 0.1) is 11.7 Å². The lowest BCUT2D eigenvalue weighted by Crippen LogP contribution is -2.48. The highest BCUT2D eigenvalue weighted by Gasteiger charge is 2.45. The summed E-state index contributed by atoms with van der Waals surface area (Å²) in [6, 6.07) is 9.15. The Balaban J connectivity index is 1.55. The molecule has 6 rings (SSSR count). The second kappa shape index (κ2) is 12.3. The quantitative estimate of drug-likeness (QED) is 0.222. The third kappa shape index (κ3) is 6.07. The van der Waals surface area contributed by atoms with Crippen molar-refractivity contribution < 1.29 is 31.9 Å². The normalized spacial score (nSPS) is 18.4. The molecule has 3 atom stereocenters. The van der Waals surface area contributed by atoms with Gasteiger partial charge in [-0.05, 0) is 48.2 Å². The molecule has 0 saturated carbocycles. The van der Waals surface area contributed by atoms with E-state index in [0.29, 0.717) is 18.7 Å². The second-order valence-corrected chi connectivity index (χ2v) is 12.0. The van der Waals surface area contributed by atoms with E-state index in [1.54, 1.807) is 0 Å². The SMILES string of the molecule is Cn1c(=O)n(C(OC(=O)C(F)(F)F)C(=O)Nc2ccc(Cl)cc2Cl)c(=O)c2c1nc(N1CCC3CNCC31)n2Cc1ccc(F)cc1. The molecule has 3 unspecified atom stereocenters. The van der Waals surface area contributed by atoms with Gasteiger partial charge in [0.05, 0.1) is 17.3 Å². The Morgan fingerprint density at radius 2 is 1.85 bits per heavy atom. The molecular formula is C29H25Cl2F4N7O5. The Kier molecular flexibility index (Phi) is 8.52. The van der Waals surface area contributed by atoms with Crippen molar-refractivity contribution in [1.82, 2.24) is 24.0 Å². The topological polar surface area (TPSA) is 132 Å². The first-order valence-corrected chi connectivity index (χ1v) is 15.0. The molecular weight excluding hydrogens is 673 g/mol. The molecule has 18 heteroatoms. The van der Waals surface area contributed by atoms with Crippen LogP contribution >= 0.6 is 23.2 Å². The predicted octanol–water partition coefficient (Wildman–Crippen LogP) is 3.43. The lowest BCUT2D eigenvalue weighted by molar-refractivity contribution is -0.209. The number of alkyl halides is 3. The average Bonchev–Trinajstić information content (AvgIpc) is 3.73. The number of anilines is 2. The van der Waals surface area contributed by atoms with Crippen LogP contribution in [-0.2, 0) is 27.9 Å².